The second kappa shape index (κ2) is 7.29. The molecule has 0 fully saturated rings. The van der Waals surface area contributed by atoms with Crippen LogP contribution in [-0.4, -0.2) is 66.4 Å². The molecule has 6 heteroatoms. The Kier molecular flexibility index (Phi) is 4.80. The van der Waals surface area contributed by atoms with Gasteiger partial charge in [-0.2, -0.15) is 0 Å². The fraction of sp³-hybridized carbons (Fsp3) is 0.261. The lowest BCUT2D eigenvalue weighted by Crippen LogP contribution is -2.53. The maximum Gasteiger partial charge on any atom is 0.254 e. The smallest absolute Gasteiger partial charge is 0.254 e. The third-order valence-electron chi connectivity index (χ3n) is 5.47. The summed E-state index contributed by atoms with van der Waals surface area (Å²) in [6, 6.07) is 15.6. The molecule has 0 bridgehead atoms. The third-order valence-corrected chi connectivity index (χ3v) is 5.47. The summed E-state index contributed by atoms with van der Waals surface area (Å²) in [7, 11) is 5.46. The Morgan fingerprint density at radius 3 is 1.97 bits per heavy atom. The molecule has 1 atom stereocenters. The van der Waals surface area contributed by atoms with Gasteiger partial charge in [0.25, 0.3) is 5.91 Å². The summed E-state index contributed by atoms with van der Waals surface area (Å²) in [4.78, 5) is 45.2. The highest BCUT2D eigenvalue weighted by Crippen LogP contribution is 2.39. The van der Waals surface area contributed by atoms with E-state index in [1.165, 1.54) is 4.90 Å². The first-order valence-corrected chi connectivity index (χ1v) is 9.58. The third kappa shape index (κ3) is 3.06. The molecule has 0 spiro atoms. The zero-order chi connectivity index (χ0) is 20.7. The fourth-order valence-electron chi connectivity index (χ4n) is 3.99. The number of ketones is 2. The molecule has 0 aromatic heterocycles. The van der Waals surface area contributed by atoms with Gasteiger partial charge in [-0.3, -0.25) is 14.4 Å². The van der Waals surface area contributed by atoms with Crippen molar-refractivity contribution in [1.29, 1.82) is 0 Å². The van der Waals surface area contributed by atoms with Crippen LogP contribution < -0.4 is 0 Å². The highest BCUT2D eigenvalue weighted by atomic mass is 16.2. The quantitative estimate of drug-likeness (QED) is 0.803. The van der Waals surface area contributed by atoms with E-state index in [1.807, 2.05) is 54.2 Å². The van der Waals surface area contributed by atoms with Crippen LogP contribution in [-0.2, 0) is 4.79 Å². The lowest BCUT2D eigenvalue weighted by Gasteiger charge is -2.44. The summed E-state index contributed by atoms with van der Waals surface area (Å²) in [5.41, 5.74) is 2.02. The van der Waals surface area contributed by atoms with Crippen molar-refractivity contribution in [3.63, 3.8) is 0 Å². The van der Waals surface area contributed by atoms with Crippen molar-refractivity contribution >= 4 is 17.5 Å². The van der Waals surface area contributed by atoms with E-state index >= 15 is 0 Å². The Morgan fingerprint density at radius 1 is 0.828 bits per heavy atom. The highest BCUT2D eigenvalue weighted by molar-refractivity contribution is 6.28. The number of benzene rings is 2. The number of carbonyl (C=O) groups excluding carboxylic acids is 3. The predicted molar refractivity (Wildman–Crippen MR) is 109 cm³/mol. The van der Waals surface area contributed by atoms with Crippen molar-refractivity contribution in [3.05, 3.63) is 82.7 Å². The highest BCUT2D eigenvalue weighted by Gasteiger charge is 2.47. The molecule has 29 heavy (non-hydrogen) atoms. The van der Waals surface area contributed by atoms with Gasteiger partial charge in [0.05, 0.1) is 0 Å². The predicted octanol–water partition coefficient (Wildman–Crippen LogP) is 2.35. The largest absolute Gasteiger partial charge is 0.350 e. The molecule has 1 amide bonds. The van der Waals surface area contributed by atoms with Gasteiger partial charge >= 0.3 is 0 Å². The molecule has 1 aliphatic carbocycles. The summed E-state index contributed by atoms with van der Waals surface area (Å²) >= 11 is 0. The van der Waals surface area contributed by atoms with Crippen LogP contribution in [0.5, 0.6) is 0 Å². The van der Waals surface area contributed by atoms with Gasteiger partial charge < -0.3 is 14.7 Å². The Bertz CT molecular complexity index is 1030. The molecule has 4 rings (SSSR count). The first-order valence-electron chi connectivity index (χ1n) is 9.58. The summed E-state index contributed by atoms with van der Waals surface area (Å²) < 4.78 is 0. The minimum Gasteiger partial charge on any atom is -0.350 e. The van der Waals surface area contributed by atoms with Gasteiger partial charge in [-0.05, 0) is 19.7 Å². The number of hydrogen-bond acceptors (Lipinski definition) is 5. The van der Waals surface area contributed by atoms with Gasteiger partial charge in [-0.1, -0.05) is 54.6 Å². The molecule has 1 unspecified atom stereocenters. The molecular formula is C23H23N3O3. The number of hydrogen-bond donors (Lipinski definition) is 0. The first-order chi connectivity index (χ1) is 13.9. The van der Waals surface area contributed by atoms with E-state index in [4.69, 9.17) is 0 Å². The van der Waals surface area contributed by atoms with Crippen molar-refractivity contribution in [2.75, 3.05) is 34.2 Å². The summed E-state index contributed by atoms with van der Waals surface area (Å²) in [5.74, 6) is -0.712. The molecule has 2 aliphatic rings. The van der Waals surface area contributed by atoms with Crippen LogP contribution in [0.3, 0.4) is 0 Å². The van der Waals surface area contributed by atoms with Gasteiger partial charge in [0, 0.05) is 31.3 Å². The van der Waals surface area contributed by atoms with Crippen LogP contribution >= 0.6 is 0 Å². The molecule has 6 nitrogen and oxygen atoms in total. The van der Waals surface area contributed by atoms with Gasteiger partial charge in [-0.15, -0.1) is 0 Å². The number of amides is 1. The van der Waals surface area contributed by atoms with E-state index in [1.54, 1.807) is 31.3 Å². The average Bonchev–Trinajstić information content (AvgIpc) is 2.73. The SMILES string of the molecule is CN(C)CCN1C2=C(C(=O)c3ccccc3C2=O)N(C)C(=O)C1c1ccccc1. The molecule has 148 valence electrons. The van der Waals surface area contributed by atoms with Gasteiger partial charge in [0.2, 0.25) is 11.6 Å². The second-order valence-electron chi connectivity index (χ2n) is 7.61. The number of likely N-dealkylation sites (N-methyl/N-ethyl adjacent to an activating group) is 2. The Hall–Kier alpha value is -3.25. The van der Waals surface area contributed by atoms with Crippen molar-refractivity contribution in [3.8, 4) is 0 Å². The Morgan fingerprint density at radius 2 is 1.38 bits per heavy atom. The van der Waals surface area contributed by atoms with E-state index in [0.717, 1.165) is 5.56 Å². The zero-order valence-corrected chi connectivity index (χ0v) is 16.8. The molecule has 2 aromatic carbocycles. The normalized spacial score (nSPS) is 19.0. The summed E-state index contributed by atoms with van der Waals surface area (Å²) in [6.45, 7) is 1.09. The van der Waals surface area contributed by atoms with E-state index < -0.39 is 6.04 Å². The van der Waals surface area contributed by atoms with E-state index in [9.17, 15) is 14.4 Å². The van der Waals surface area contributed by atoms with Crippen LogP contribution in [0.4, 0.5) is 0 Å². The summed E-state index contributed by atoms with van der Waals surface area (Å²) in [6.07, 6.45) is 0. The van der Waals surface area contributed by atoms with Crippen molar-refractivity contribution < 1.29 is 14.4 Å². The minimum atomic E-state index is -0.651. The number of allylic oxidation sites excluding steroid dienone is 2. The van der Waals surface area contributed by atoms with E-state index in [0.29, 0.717) is 29.9 Å². The number of fused-ring (bicyclic) bond motifs is 1. The van der Waals surface area contributed by atoms with Crippen LogP contribution in [0.2, 0.25) is 0 Å². The van der Waals surface area contributed by atoms with Crippen LogP contribution in [0, 0.1) is 0 Å². The van der Waals surface area contributed by atoms with Crippen molar-refractivity contribution in [1.82, 2.24) is 14.7 Å². The van der Waals surface area contributed by atoms with Crippen molar-refractivity contribution in [2.24, 2.45) is 0 Å². The molecule has 1 heterocycles. The topological polar surface area (TPSA) is 60.9 Å². The standard InChI is InChI=1S/C23H23N3O3/c1-24(2)13-14-26-18(15-9-5-4-6-10-15)23(29)25(3)19-20(26)22(28)17-12-8-7-11-16(17)21(19)27/h4-12,18H,13-14H2,1-3H3. The molecular weight excluding hydrogens is 366 g/mol. The lowest BCUT2D eigenvalue weighted by atomic mass is 9.86. The average molecular weight is 389 g/mol. The lowest BCUT2D eigenvalue weighted by molar-refractivity contribution is -0.135. The number of rotatable bonds is 4. The molecule has 0 radical (unpaired) electrons. The molecule has 0 N–H and O–H groups in total. The minimum absolute atomic E-state index is 0.171. The molecule has 2 aromatic rings. The maximum absolute atomic E-state index is 13.5. The molecule has 1 aliphatic heterocycles. The number of carbonyl (C=O) groups is 3. The zero-order valence-electron chi connectivity index (χ0n) is 16.8. The number of Topliss-reactive ketones (excluding diaryl/α,β-unsaturated/α-hetero) is 2. The molecule has 0 saturated heterocycles. The van der Waals surface area contributed by atoms with Gasteiger partial charge in [0.15, 0.2) is 0 Å². The van der Waals surface area contributed by atoms with Crippen LogP contribution in [0.1, 0.15) is 32.3 Å². The molecule has 0 saturated carbocycles. The van der Waals surface area contributed by atoms with Crippen molar-refractivity contribution in [2.45, 2.75) is 6.04 Å². The van der Waals surface area contributed by atoms with Gasteiger partial charge in [0.1, 0.15) is 17.4 Å². The van der Waals surface area contributed by atoms with Gasteiger partial charge in [-0.25, -0.2) is 0 Å². The fourth-order valence-corrected chi connectivity index (χ4v) is 3.99. The maximum atomic E-state index is 13.5. The Balaban J connectivity index is 1.91. The van der Waals surface area contributed by atoms with Crippen LogP contribution in [0.25, 0.3) is 0 Å². The van der Waals surface area contributed by atoms with E-state index in [-0.39, 0.29) is 23.2 Å². The summed E-state index contributed by atoms with van der Waals surface area (Å²) in [5, 5.41) is 0. The monoisotopic (exact) mass is 389 g/mol. The van der Waals surface area contributed by atoms with Crippen LogP contribution in [0.15, 0.2) is 66.0 Å². The van der Waals surface area contributed by atoms with E-state index in [2.05, 4.69) is 0 Å². The Labute approximate surface area is 170 Å². The second-order valence-corrected chi connectivity index (χ2v) is 7.61. The number of nitrogens with zero attached hydrogens (tertiary/aromatic N) is 3. The first kappa shape index (κ1) is 19.1.